The Hall–Kier alpha value is -9.17. The van der Waals surface area contributed by atoms with Crippen LogP contribution in [0, 0.1) is 28.6 Å². The van der Waals surface area contributed by atoms with Crippen molar-refractivity contribution >= 4 is 82.8 Å². The van der Waals surface area contributed by atoms with Crippen molar-refractivity contribution in [1.82, 2.24) is 58.5 Å². The van der Waals surface area contributed by atoms with Crippen LogP contribution in [-0.4, -0.2) is 195 Å². The Labute approximate surface area is 598 Å². The number of benzene rings is 2. The molecule has 21 N–H and O–H groups in total. The standard InChI is InChI=1S/C70H115N15O17/c1-17-39(6)52(63(97)84-53(40(7)87)62(96)75-35-51(88)76-46(31-41-23-19-18-20-24-41)58(92)81-50(36-86)65(99)100)83-56(90)44(27-22-28-74-66(72)73)77-57(91)45(29-37(2)3)79-64(98)54(55(89)38(4)5)85-59(93)47(32-42-25-21-26-43(71)30-42)78-60(94)48(33-68(8,9)10)80-61(95)49(34-69(11,12)13)82-67(101)102-70(14,15)16/h18-21,23-26,30,37-40,44-50,52-55,86-87,89H,17,22,27-29,31-36,71H2,1-16H3,(H,75,96)(H,76,88)(H,77,91)(H,78,94)(H,79,98)(H,80,95)(H,81,92)(H,82,101)(H,83,90)(H,84,97)(H,85,93)(H,99,100)(H4,72,73,74)/t39-,40-,44+,45-,46-,47-,48-,49+,50-,52-,53-,54-,55?/m0/s1. The summed E-state index contributed by atoms with van der Waals surface area (Å²) in [6.07, 6.45) is -4.27. The summed E-state index contributed by atoms with van der Waals surface area (Å²) in [7, 11) is 0. The van der Waals surface area contributed by atoms with Gasteiger partial charge in [-0.2, -0.15) is 0 Å². The highest BCUT2D eigenvalue weighted by Gasteiger charge is 2.40. The van der Waals surface area contributed by atoms with Crippen molar-refractivity contribution in [2.45, 2.75) is 240 Å². The highest BCUT2D eigenvalue weighted by atomic mass is 16.6. The van der Waals surface area contributed by atoms with Crippen molar-refractivity contribution in [1.29, 1.82) is 0 Å². The number of aliphatic carboxylic acids is 1. The molecule has 0 radical (unpaired) electrons. The largest absolute Gasteiger partial charge is 0.480 e. The lowest BCUT2D eigenvalue weighted by Gasteiger charge is -2.32. The van der Waals surface area contributed by atoms with Gasteiger partial charge in [-0.15, -0.1) is 0 Å². The maximum Gasteiger partial charge on any atom is 0.408 e. The second-order valence-electron chi connectivity index (χ2n) is 29.9. The molecule has 102 heavy (non-hydrogen) atoms. The number of anilines is 1. The van der Waals surface area contributed by atoms with Gasteiger partial charge in [0.2, 0.25) is 59.1 Å². The molecule has 32 nitrogen and oxygen atoms in total. The first-order valence-electron chi connectivity index (χ1n) is 34.4. The smallest absolute Gasteiger partial charge is 0.408 e. The minimum atomic E-state index is -1.82. The third kappa shape index (κ3) is 33.5. The van der Waals surface area contributed by atoms with Crippen LogP contribution in [0.3, 0.4) is 0 Å². The summed E-state index contributed by atoms with van der Waals surface area (Å²) in [4.78, 5) is 171. The Morgan fingerprint density at radius 3 is 1.50 bits per heavy atom. The zero-order chi connectivity index (χ0) is 77.7. The molecule has 2 aromatic rings. The first-order valence-corrected chi connectivity index (χ1v) is 34.4. The fourth-order valence-corrected chi connectivity index (χ4v) is 10.4. The fraction of sp³-hybridized carbons (Fsp3) is 0.643. The molecule has 0 aliphatic rings. The number of rotatable bonds is 40. The van der Waals surface area contributed by atoms with Gasteiger partial charge in [0.15, 0.2) is 5.96 Å². The predicted octanol–water partition coefficient (Wildman–Crippen LogP) is -0.0805. The number of hydrogen-bond acceptors (Lipinski definition) is 18. The van der Waals surface area contributed by atoms with E-state index in [2.05, 4.69) is 63.5 Å². The summed E-state index contributed by atoms with van der Waals surface area (Å²) in [5.41, 5.74) is 16.7. The lowest BCUT2D eigenvalue weighted by atomic mass is 9.86. The molecule has 0 fully saturated rings. The third-order valence-electron chi connectivity index (χ3n) is 15.8. The molecule has 572 valence electrons. The van der Waals surface area contributed by atoms with Gasteiger partial charge in [0.05, 0.1) is 25.4 Å². The molecule has 0 spiro atoms. The van der Waals surface area contributed by atoms with E-state index in [4.69, 9.17) is 21.9 Å². The third-order valence-corrected chi connectivity index (χ3v) is 15.8. The second kappa shape index (κ2) is 41.7. The Morgan fingerprint density at radius 1 is 0.529 bits per heavy atom. The van der Waals surface area contributed by atoms with Crippen LogP contribution in [0.15, 0.2) is 59.6 Å². The van der Waals surface area contributed by atoms with Gasteiger partial charge in [-0.3, -0.25) is 52.9 Å². The van der Waals surface area contributed by atoms with E-state index in [9.17, 15) is 78.0 Å². The Kier molecular flexibility index (Phi) is 36.3. The maximum absolute atomic E-state index is 14.9. The molecule has 0 saturated carbocycles. The number of carboxylic acid groups (broad SMARTS) is 1. The summed E-state index contributed by atoms with van der Waals surface area (Å²) in [6.45, 7) is 25.4. The molecule has 0 saturated heterocycles. The van der Waals surface area contributed by atoms with Crippen LogP contribution in [0.5, 0.6) is 0 Å². The van der Waals surface area contributed by atoms with Crippen LogP contribution in [-0.2, 0) is 70.3 Å². The minimum absolute atomic E-state index is 0.0317. The number of carbonyl (C=O) groups excluding carboxylic acids is 11. The molecule has 0 heterocycles. The van der Waals surface area contributed by atoms with Crippen LogP contribution in [0.4, 0.5) is 10.5 Å². The maximum atomic E-state index is 14.9. The highest BCUT2D eigenvalue weighted by molar-refractivity contribution is 5.99. The molecular formula is C70H115N15O17. The first kappa shape index (κ1) is 88.9. The van der Waals surface area contributed by atoms with Gasteiger partial charge in [0, 0.05) is 25.1 Å². The van der Waals surface area contributed by atoms with Gasteiger partial charge in [-0.05, 0) is 112 Å². The van der Waals surface area contributed by atoms with Crippen LogP contribution in [0.1, 0.15) is 160 Å². The number of hydrogen-bond donors (Lipinski definition) is 18. The van der Waals surface area contributed by atoms with Gasteiger partial charge in [-0.1, -0.05) is 132 Å². The number of amides is 11. The number of alkyl carbamates (subject to hydrolysis) is 1. The number of aliphatic hydroxyl groups is 3. The molecule has 2 aromatic carbocycles. The Balaban J connectivity index is 2.58. The van der Waals surface area contributed by atoms with E-state index >= 15 is 0 Å². The highest BCUT2D eigenvalue weighted by Crippen LogP contribution is 2.25. The summed E-state index contributed by atoms with van der Waals surface area (Å²) in [5.74, 6) is -12.9. The molecule has 2 rings (SSSR count). The summed E-state index contributed by atoms with van der Waals surface area (Å²) in [5, 5.41) is 69.7. The zero-order valence-electron chi connectivity index (χ0n) is 61.9. The summed E-state index contributed by atoms with van der Waals surface area (Å²) in [6, 6.07) is -0.349. The topological polar surface area (TPSA) is 518 Å². The lowest BCUT2D eigenvalue weighted by Crippen LogP contribution is -2.63. The molecule has 0 aliphatic carbocycles. The number of nitrogens with one attached hydrogen (secondary N) is 11. The van der Waals surface area contributed by atoms with E-state index in [-0.39, 0.29) is 69.8 Å². The monoisotopic (exact) mass is 1440 g/mol. The van der Waals surface area contributed by atoms with Gasteiger partial charge < -0.3 is 101 Å². The van der Waals surface area contributed by atoms with Gasteiger partial charge in [0.25, 0.3) is 0 Å². The van der Waals surface area contributed by atoms with Gasteiger partial charge >= 0.3 is 12.1 Å². The average molecular weight is 1440 g/mol. The molecule has 11 amide bonds. The van der Waals surface area contributed by atoms with E-state index in [1.165, 1.54) is 6.92 Å². The van der Waals surface area contributed by atoms with E-state index in [1.54, 1.807) is 117 Å². The van der Waals surface area contributed by atoms with Crippen LogP contribution in [0.25, 0.3) is 0 Å². The molecule has 0 bridgehead atoms. The Bertz CT molecular complexity index is 3160. The van der Waals surface area contributed by atoms with Crippen molar-refractivity contribution in [2.75, 3.05) is 25.4 Å². The van der Waals surface area contributed by atoms with E-state index in [1.807, 2.05) is 41.5 Å². The number of carboxylic acids is 1. The fourth-order valence-electron chi connectivity index (χ4n) is 10.4. The van der Waals surface area contributed by atoms with E-state index < -0.39 is 185 Å². The van der Waals surface area contributed by atoms with Crippen molar-refractivity contribution < 1.29 is 82.7 Å². The lowest BCUT2D eigenvalue weighted by molar-refractivity contribution is -0.143. The summed E-state index contributed by atoms with van der Waals surface area (Å²) < 4.78 is 5.47. The number of aliphatic hydroxyl groups excluding tert-OH is 3. The number of carbonyl (C=O) groups is 12. The summed E-state index contributed by atoms with van der Waals surface area (Å²) >= 11 is 0. The molecule has 0 aliphatic heterocycles. The second-order valence-corrected chi connectivity index (χ2v) is 29.9. The molecule has 1 unspecified atom stereocenters. The van der Waals surface area contributed by atoms with Crippen molar-refractivity contribution in [3.63, 3.8) is 0 Å². The molecular weight excluding hydrogens is 1320 g/mol. The Morgan fingerprint density at radius 2 is 0.990 bits per heavy atom. The minimum Gasteiger partial charge on any atom is -0.480 e. The molecule has 13 atom stereocenters. The average Bonchev–Trinajstić information content (AvgIpc) is 0.838. The van der Waals surface area contributed by atoms with Crippen molar-refractivity contribution in [3.8, 4) is 0 Å². The number of guanidine groups is 1. The van der Waals surface area contributed by atoms with Gasteiger partial charge in [-0.25, -0.2) is 9.59 Å². The van der Waals surface area contributed by atoms with Crippen molar-refractivity contribution in [3.05, 3.63) is 65.7 Å². The number of nitrogen functional groups attached to an aromatic ring is 1. The molecule has 32 heteroatoms. The van der Waals surface area contributed by atoms with Crippen LogP contribution >= 0.6 is 0 Å². The number of nitrogens with two attached hydrogens (primary N) is 3. The first-order chi connectivity index (χ1) is 47.2. The zero-order valence-corrected chi connectivity index (χ0v) is 61.9. The van der Waals surface area contributed by atoms with Crippen molar-refractivity contribution in [2.24, 2.45) is 45.0 Å². The van der Waals surface area contributed by atoms with Gasteiger partial charge in [0.1, 0.15) is 66.0 Å². The van der Waals surface area contributed by atoms with Crippen LogP contribution in [0.2, 0.25) is 0 Å². The van der Waals surface area contributed by atoms with Crippen LogP contribution < -0.4 is 75.7 Å². The number of nitrogens with zero attached hydrogens (tertiary/aromatic N) is 1. The SMILES string of the molecule is CC[C@H](C)[C@H](NC(=O)[C@@H](CCCN=C(N)N)NC(=O)[C@H](CC(C)C)NC(=O)[C@@H](NC(=O)[C@H](Cc1cccc(N)c1)NC(=O)[C@H](CC(C)(C)C)NC(=O)[C@@H](CC(C)(C)C)NC(=O)OC(C)(C)C)C(O)C(C)C)C(=O)N[C@H](C(=O)NCC(=O)N[C@@H](Cc1ccccc1)C(=O)N[C@@H](CO)C(=O)O)[C@H](C)O. The quantitative estimate of drug-likeness (QED) is 0.0180. The van der Waals surface area contributed by atoms with E-state index in [0.717, 1.165) is 0 Å². The number of aliphatic imine (C=N–C) groups is 1. The molecule has 0 aromatic heterocycles. The number of ether oxygens (including phenoxy) is 1. The predicted molar refractivity (Wildman–Crippen MR) is 382 cm³/mol. The van der Waals surface area contributed by atoms with E-state index in [0.29, 0.717) is 16.8 Å². The normalized spacial score (nSPS) is 15.5.